The summed E-state index contributed by atoms with van der Waals surface area (Å²) in [6, 6.07) is 1.43. The second-order valence-electron chi connectivity index (χ2n) is 11.4. The Balaban J connectivity index is 1.36. The number of morpholine rings is 1. The summed E-state index contributed by atoms with van der Waals surface area (Å²) in [5.74, 6) is 1.33. The SMILES string of the molecule is C=C(C1CCC(c2cc(C3CCC(O)CC3)n3nc(N[C@@H](C)CC(F)(F)F)ncc23)CC1)N1CCOCC1. The fourth-order valence-corrected chi connectivity index (χ4v) is 6.56. The first-order valence-corrected chi connectivity index (χ1v) is 14.1. The number of aromatic nitrogens is 3. The van der Waals surface area contributed by atoms with E-state index in [0.29, 0.717) is 11.8 Å². The number of nitrogens with one attached hydrogen (secondary N) is 1. The summed E-state index contributed by atoms with van der Waals surface area (Å²) in [6.45, 7) is 9.27. The minimum absolute atomic E-state index is 0.207. The number of aliphatic hydroxyl groups excluding tert-OH is 1. The highest BCUT2D eigenvalue weighted by Crippen LogP contribution is 2.43. The Morgan fingerprint density at radius 1 is 1.11 bits per heavy atom. The zero-order valence-electron chi connectivity index (χ0n) is 22.2. The van der Waals surface area contributed by atoms with Gasteiger partial charge in [-0.1, -0.05) is 6.58 Å². The zero-order chi connectivity index (χ0) is 26.9. The molecule has 2 aliphatic carbocycles. The summed E-state index contributed by atoms with van der Waals surface area (Å²) >= 11 is 0. The molecule has 1 saturated heterocycles. The molecule has 38 heavy (non-hydrogen) atoms. The molecule has 0 radical (unpaired) electrons. The largest absolute Gasteiger partial charge is 0.393 e. The van der Waals surface area contributed by atoms with Gasteiger partial charge < -0.3 is 20.1 Å². The van der Waals surface area contributed by atoms with Crippen LogP contribution in [0.25, 0.3) is 5.52 Å². The molecular weight excluding hydrogens is 495 g/mol. The van der Waals surface area contributed by atoms with E-state index in [9.17, 15) is 18.3 Å². The van der Waals surface area contributed by atoms with Crippen molar-refractivity contribution in [1.29, 1.82) is 0 Å². The third kappa shape index (κ3) is 6.28. The third-order valence-electron chi connectivity index (χ3n) is 8.66. The van der Waals surface area contributed by atoms with Crippen LogP contribution in [0, 0.1) is 5.92 Å². The minimum atomic E-state index is -4.25. The van der Waals surface area contributed by atoms with Crippen LogP contribution in [0.1, 0.15) is 87.8 Å². The lowest BCUT2D eigenvalue weighted by molar-refractivity contribution is -0.136. The van der Waals surface area contributed by atoms with Gasteiger partial charge in [-0.15, -0.1) is 5.10 Å². The first kappa shape index (κ1) is 27.2. The van der Waals surface area contributed by atoms with E-state index in [4.69, 9.17) is 9.84 Å². The van der Waals surface area contributed by atoms with Crippen molar-refractivity contribution in [3.63, 3.8) is 0 Å². The number of allylic oxidation sites excluding steroid dienone is 1. The summed E-state index contributed by atoms with van der Waals surface area (Å²) in [5, 5.41) is 17.6. The zero-order valence-corrected chi connectivity index (χ0v) is 22.2. The van der Waals surface area contributed by atoms with Crippen LogP contribution in [-0.2, 0) is 4.74 Å². The number of aliphatic hydroxyl groups is 1. The van der Waals surface area contributed by atoms with Crippen molar-refractivity contribution < 1.29 is 23.0 Å². The molecule has 1 atom stereocenters. The van der Waals surface area contributed by atoms with E-state index in [1.807, 2.05) is 4.52 Å². The first-order valence-electron chi connectivity index (χ1n) is 14.1. The van der Waals surface area contributed by atoms with Crippen LogP contribution in [0.3, 0.4) is 0 Å². The van der Waals surface area contributed by atoms with Crippen molar-refractivity contribution in [3.8, 4) is 0 Å². The average molecular weight is 536 g/mol. The quantitative estimate of drug-likeness (QED) is 0.479. The van der Waals surface area contributed by atoms with Gasteiger partial charge in [-0.3, -0.25) is 0 Å². The molecule has 0 bridgehead atoms. The highest BCUT2D eigenvalue weighted by molar-refractivity contribution is 5.58. The Kier molecular flexibility index (Phi) is 8.19. The summed E-state index contributed by atoms with van der Waals surface area (Å²) < 4.78 is 46.0. The second-order valence-corrected chi connectivity index (χ2v) is 11.4. The van der Waals surface area contributed by atoms with E-state index in [1.165, 1.54) is 18.2 Å². The van der Waals surface area contributed by atoms with Crippen LogP contribution >= 0.6 is 0 Å². The molecule has 210 valence electrons. The van der Waals surface area contributed by atoms with Crippen LogP contribution in [0.4, 0.5) is 19.1 Å². The van der Waals surface area contributed by atoms with Gasteiger partial charge in [0.15, 0.2) is 0 Å². The first-order chi connectivity index (χ1) is 18.2. The summed E-state index contributed by atoms with van der Waals surface area (Å²) in [6.07, 6.45) is 3.82. The maximum Gasteiger partial charge on any atom is 0.391 e. The topological polar surface area (TPSA) is 74.9 Å². The lowest BCUT2D eigenvalue weighted by Gasteiger charge is -2.37. The molecule has 0 amide bonds. The molecule has 3 fully saturated rings. The minimum Gasteiger partial charge on any atom is -0.393 e. The standard InChI is InChI=1S/C28H40F3N5O2/c1-18(16-28(29,30)31)33-27-32-17-26-24(15-25(36(26)34-27)22-7-9-23(37)10-8-22)21-5-3-20(4-6-21)19(2)35-11-13-38-14-12-35/h15,17-18,20-23,37H,2-14,16H2,1H3,(H,33,34)/t18-,20?,21?,22?,23?/m0/s1. The number of anilines is 1. The lowest BCUT2D eigenvalue weighted by atomic mass is 9.77. The highest BCUT2D eigenvalue weighted by atomic mass is 19.4. The summed E-state index contributed by atoms with van der Waals surface area (Å²) in [5.41, 5.74) is 4.49. The molecule has 3 heterocycles. The molecule has 2 aromatic heterocycles. The number of nitrogens with zero attached hydrogens (tertiary/aromatic N) is 4. The number of alkyl halides is 3. The smallest absolute Gasteiger partial charge is 0.391 e. The number of hydrogen-bond acceptors (Lipinski definition) is 6. The summed E-state index contributed by atoms with van der Waals surface area (Å²) in [7, 11) is 0. The highest BCUT2D eigenvalue weighted by Gasteiger charge is 2.32. The maximum atomic E-state index is 12.9. The fraction of sp³-hybridized carbons (Fsp3) is 0.714. The average Bonchev–Trinajstić information content (AvgIpc) is 3.27. The molecule has 5 rings (SSSR count). The number of halogens is 3. The van der Waals surface area contributed by atoms with Crippen LogP contribution in [0.2, 0.25) is 0 Å². The van der Waals surface area contributed by atoms with Crippen LogP contribution in [0.15, 0.2) is 24.5 Å². The normalized spacial score (nSPS) is 27.9. The number of fused-ring (bicyclic) bond motifs is 1. The van der Waals surface area contributed by atoms with Gasteiger partial charge >= 0.3 is 6.18 Å². The summed E-state index contributed by atoms with van der Waals surface area (Å²) in [4.78, 5) is 6.80. The van der Waals surface area contributed by atoms with Crippen molar-refractivity contribution in [1.82, 2.24) is 19.5 Å². The van der Waals surface area contributed by atoms with E-state index < -0.39 is 18.6 Å². The van der Waals surface area contributed by atoms with Crippen molar-refractivity contribution in [2.24, 2.45) is 5.92 Å². The number of rotatable bonds is 7. The predicted molar refractivity (Wildman–Crippen MR) is 140 cm³/mol. The number of ether oxygens (including phenoxy) is 1. The van der Waals surface area contributed by atoms with E-state index in [-0.39, 0.29) is 18.0 Å². The van der Waals surface area contributed by atoms with Gasteiger partial charge in [0, 0.05) is 36.4 Å². The Bertz CT molecular complexity index is 1100. The van der Waals surface area contributed by atoms with E-state index >= 15 is 0 Å². The Labute approximate surface area is 222 Å². The van der Waals surface area contributed by atoms with Gasteiger partial charge in [0.25, 0.3) is 0 Å². The molecule has 2 aromatic rings. The van der Waals surface area contributed by atoms with Crippen molar-refractivity contribution in [2.75, 3.05) is 31.6 Å². The number of hydrogen-bond donors (Lipinski definition) is 2. The third-order valence-corrected chi connectivity index (χ3v) is 8.66. The van der Waals surface area contributed by atoms with Gasteiger partial charge in [-0.2, -0.15) is 13.2 Å². The monoisotopic (exact) mass is 535 g/mol. The molecular formula is C28H40F3N5O2. The van der Waals surface area contributed by atoms with Gasteiger partial charge in [0.05, 0.1) is 37.5 Å². The van der Waals surface area contributed by atoms with Crippen molar-refractivity contribution in [2.45, 2.75) is 94.9 Å². The second kappa shape index (κ2) is 11.4. The fourth-order valence-electron chi connectivity index (χ4n) is 6.56. The van der Waals surface area contributed by atoms with E-state index in [2.05, 4.69) is 27.8 Å². The van der Waals surface area contributed by atoms with E-state index in [0.717, 1.165) is 88.9 Å². The molecule has 0 aromatic carbocycles. The molecule has 2 N–H and O–H groups in total. The molecule has 2 saturated carbocycles. The van der Waals surface area contributed by atoms with Gasteiger partial charge in [-0.25, -0.2) is 9.50 Å². The Hall–Kier alpha value is -2.33. The van der Waals surface area contributed by atoms with Gasteiger partial charge in [0.2, 0.25) is 5.95 Å². The van der Waals surface area contributed by atoms with Crippen LogP contribution < -0.4 is 5.32 Å². The van der Waals surface area contributed by atoms with Gasteiger partial charge in [-0.05, 0) is 81.8 Å². The Morgan fingerprint density at radius 3 is 2.42 bits per heavy atom. The van der Waals surface area contributed by atoms with Crippen LogP contribution in [0.5, 0.6) is 0 Å². The van der Waals surface area contributed by atoms with Gasteiger partial charge in [0.1, 0.15) is 0 Å². The maximum absolute atomic E-state index is 12.9. The van der Waals surface area contributed by atoms with E-state index in [1.54, 1.807) is 6.20 Å². The molecule has 1 aliphatic heterocycles. The lowest BCUT2D eigenvalue weighted by Crippen LogP contribution is -2.38. The molecule has 0 spiro atoms. The van der Waals surface area contributed by atoms with Crippen LogP contribution in [-0.4, -0.2) is 69.2 Å². The Morgan fingerprint density at radius 2 is 1.76 bits per heavy atom. The molecule has 0 unspecified atom stereocenters. The molecule has 10 heteroatoms. The van der Waals surface area contributed by atoms with Crippen molar-refractivity contribution >= 4 is 11.5 Å². The molecule has 7 nitrogen and oxygen atoms in total. The predicted octanol–water partition coefficient (Wildman–Crippen LogP) is 5.62. The molecule has 3 aliphatic rings. The van der Waals surface area contributed by atoms with Crippen molar-refractivity contribution in [3.05, 3.63) is 35.8 Å².